The smallest absolute Gasteiger partial charge is 0.220 e. The average molecular weight is 240 g/mol. The normalized spacial score (nSPS) is 30.1. The van der Waals surface area contributed by atoms with Crippen molar-refractivity contribution in [1.82, 2.24) is 5.32 Å². The summed E-state index contributed by atoms with van der Waals surface area (Å²) in [6.07, 6.45) is 1.17. The molecule has 0 bridgehead atoms. The van der Waals surface area contributed by atoms with Crippen molar-refractivity contribution in [1.29, 1.82) is 0 Å². The largest absolute Gasteiger partial charge is 0.351 e. The summed E-state index contributed by atoms with van der Waals surface area (Å²) in [5, 5.41) is 2.15. The van der Waals surface area contributed by atoms with Crippen LogP contribution < -0.4 is 5.32 Å². The number of alkyl halides is 1. The van der Waals surface area contributed by atoms with Crippen molar-refractivity contribution in [3.05, 3.63) is 0 Å². The zero-order valence-corrected chi connectivity index (χ0v) is 9.57. The minimum absolute atomic E-state index is 0.0311. The second kappa shape index (κ2) is 4.49. The second-order valence-electron chi connectivity index (χ2n) is 3.52. The molecule has 0 aromatic carbocycles. The number of carbonyl (C=O) groups excluding carboxylic acids is 1. The Morgan fingerprint density at radius 1 is 1.50 bits per heavy atom. The third-order valence-corrected chi connectivity index (χ3v) is 4.48. The van der Waals surface area contributed by atoms with E-state index in [0.29, 0.717) is 6.42 Å². The van der Waals surface area contributed by atoms with Crippen molar-refractivity contribution in [3.63, 3.8) is 0 Å². The van der Waals surface area contributed by atoms with Gasteiger partial charge < -0.3 is 5.32 Å². The van der Waals surface area contributed by atoms with E-state index in [1.807, 2.05) is 6.92 Å². The van der Waals surface area contributed by atoms with Gasteiger partial charge in [0.25, 0.3) is 0 Å². The van der Waals surface area contributed by atoms with Crippen LogP contribution in [0, 0.1) is 0 Å². The van der Waals surface area contributed by atoms with Gasteiger partial charge in [-0.05, 0) is 6.42 Å². The van der Waals surface area contributed by atoms with Crippen molar-refractivity contribution in [2.24, 2.45) is 0 Å². The molecule has 1 fully saturated rings. The van der Waals surface area contributed by atoms with E-state index < -0.39 is 21.3 Å². The Bertz CT molecular complexity index is 315. The first-order valence-corrected chi connectivity index (χ1v) is 6.84. The van der Waals surface area contributed by atoms with E-state index >= 15 is 0 Å². The highest BCUT2D eigenvalue weighted by Gasteiger charge is 2.36. The first-order valence-electron chi connectivity index (χ1n) is 4.58. The van der Waals surface area contributed by atoms with Gasteiger partial charge in [0.2, 0.25) is 5.91 Å². The molecule has 2 unspecified atom stereocenters. The van der Waals surface area contributed by atoms with Gasteiger partial charge in [0.15, 0.2) is 9.84 Å². The quantitative estimate of drug-likeness (QED) is 0.721. The molecule has 4 nitrogen and oxygen atoms in total. The van der Waals surface area contributed by atoms with Crippen LogP contribution in [-0.2, 0) is 14.6 Å². The van der Waals surface area contributed by atoms with Gasteiger partial charge in [-0.2, -0.15) is 0 Å². The molecule has 1 saturated heterocycles. The Kier molecular flexibility index (Phi) is 3.78. The number of sulfone groups is 1. The molecule has 0 aliphatic carbocycles. The molecular formula is C8H14ClNO3S. The van der Waals surface area contributed by atoms with Crippen molar-refractivity contribution < 1.29 is 13.2 Å². The van der Waals surface area contributed by atoms with Crippen LogP contribution in [0.4, 0.5) is 0 Å². The fourth-order valence-corrected chi connectivity index (χ4v) is 3.99. The van der Waals surface area contributed by atoms with Crippen molar-refractivity contribution in [2.75, 3.05) is 11.5 Å². The fraction of sp³-hybridized carbons (Fsp3) is 0.875. The number of hydrogen-bond acceptors (Lipinski definition) is 3. The SMILES string of the molecule is CCCC(=O)NC1CS(=O)(=O)CC1Cl. The highest BCUT2D eigenvalue weighted by molar-refractivity contribution is 7.91. The van der Waals surface area contributed by atoms with Crippen LogP contribution in [0.5, 0.6) is 0 Å². The predicted octanol–water partition coefficient (Wildman–Crippen LogP) is 0.307. The molecule has 0 aromatic rings. The van der Waals surface area contributed by atoms with Gasteiger partial charge in [0.05, 0.1) is 22.9 Å². The molecule has 1 N–H and O–H groups in total. The summed E-state index contributed by atoms with van der Waals surface area (Å²) >= 11 is 5.81. The van der Waals surface area contributed by atoms with Crippen molar-refractivity contribution in [2.45, 2.75) is 31.2 Å². The van der Waals surface area contributed by atoms with Gasteiger partial charge in [-0.15, -0.1) is 11.6 Å². The van der Waals surface area contributed by atoms with Crippen LogP contribution in [0.15, 0.2) is 0 Å². The molecule has 1 aliphatic heterocycles. The lowest BCUT2D eigenvalue weighted by molar-refractivity contribution is -0.121. The summed E-state index contributed by atoms with van der Waals surface area (Å²) in [7, 11) is -3.05. The molecule has 82 valence electrons. The first-order chi connectivity index (χ1) is 6.44. The predicted molar refractivity (Wildman–Crippen MR) is 55.1 cm³/mol. The zero-order chi connectivity index (χ0) is 10.8. The van der Waals surface area contributed by atoms with Crippen LogP contribution >= 0.6 is 11.6 Å². The number of carbonyl (C=O) groups is 1. The summed E-state index contributed by atoms with van der Waals surface area (Å²) in [6.45, 7) is 1.89. The highest BCUT2D eigenvalue weighted by Crippen LogP contribution is 2.17. The second-order valence-corrected chi connectivity index (χ2v) is 6.23. The maximum absolute atomic E-state index is 11.2. The van der Waals surface area contributed by atoms with Crippen LogP contribution in [0.1, 0.15) is 19.8 Å². The summed E-state index contributed by atoms with van der Waals surface area (Å²) in [4.78, 5) is 11.2. The maximum Gasteiger partial charge on any atom is 0.220 e. The lowest BCUT2D eigenvalue weighted by atomic mass is 10.2. The molecule has 1 rings (SSSR count). The molecule has 2 atom stereocenters. The first kappa shape index (κ1) is 11.8. The molecule has 6 heteroatoms. The van der Waals surface area contributed by atoms with E-state index in [9.17, 15) is 13.2 Å². The third kappa shape index (κ3) is 3.13. The molecular weight excluding hydrogens is 226 g/mol. The number of halogens is 1. The summed E-state index contributed by atoms with van der Waals surface area (Å²) in [5.74, 6) is -0.192. The molecule has 1 aliphatic rings. The summed E-state index contributed by atoms with van der Waals surface area (Å²) < 4.78 is 22.3. The Labute approximate surface area is 88.9 Å². The summed E-state index contributed by atoms with van der Waals surface area (Å²) in [5.41, 5.74) is 0. The van der Waals surface area contributed by atoms with Crippen LogP contribution in [-0.4, -0.2) is 37.2 Å². The van der Waals surface area contributed by atoms with E-state index in [2.05, 4.69) is 5.32 Å². The number of rotatable bonds is 3. The van der Waals surface area contributed by atoms with E-state index in [4.69, 9.17) is 11.6 Å². The van der Waals surface area contributed by atoms with Crippen LogP contribution in [0.25, 0.3) is 0 Å². The lowest BCUT2D eigenvalue weighted by Gasteiger charge is -2.13. The van der Waals surface area contributed by atoms with Crippen molar-refractivity contribution >= 4 is 27.3 Å². The van der Waals surface area contributed by atoms with Crippen LogP contribution in [0.3, 0.4) is 0 Å². The van der Waals surface area contributed by atoms with Gasteiger partial charge in [0.1, 0.15) is 0 Å². The van der Waals surface area contributed by atoms with E-state index in [1.54, 1.807) is 0 Å². The molecule has 0 radical (unpaired) electrons. The topological polar surface area (TPSA) is 63.2 Å². The third-order valence-electron chi connectivity index (χ3n) is 2.11. The highest BCUT2D eigenvalue weighted by atomic mass is 35.5. The number of hydrogen-bond donors (Lipinski definition) is 1. The molecule has 14 heavy (non-hydrogen) atoms. The number of nitrogens with one attached hydrogen (secondary N) is 1. The molecule has 0 aromatic heterocycles. The lowest BCUT2D eigenvalue weighted by Crippen LogP contribution is -2.40. The van der Waals surface area contributed by atoms with Gasteiger partial charge in [-0.1, -0.05) is 6.92 Å². The fourth-order valence-electron chi connectivity index (χ4n) is 1.44. The van der Waals surface area contributed by atoms with Gasteiger partial charge in [-0.25, -0.2) is 8.42 Å². The molecule has 0 spiro atoms. The van der Waals surface area contributed by atoms with E-state index in [1.165, 1.54) is 0 Å². The minimum atomic E-state index is -3.05. The van der Waals surface area contributed by atoms with E-state index in [-0.39, 0.29) is 17.4 Å². The Morgan fingerprint density at radius 2 is 2.14 bits per heavy atom. The maximum atomic E-state index is 11.2. The summed E-state index contributed by atoms with van der Waals surface area (Å²) in [6, 6.07) is -0.416. The van der Waals surface area contributed by atoms with Crippen LogP contribution in [0.2, 0.25) is 0 Å². The average Bonchev–Trinajstić information content (AvgIpc) is 2.25. The Hall–Kier alpha value is -0.290. The molecule has 0 saturated carbocycles. The van der Waals surface area contributed by atoms with Crippen molar-refractivity contribution in [3.8, 4) is 0 Å². The standard InChI is InChI=1S/C8H14ClNO3S/c1-2-3-8(11)10-7-5-14(12,13)4-6(7)9/h6-7H,2-5H2,1H3,(H,10,11). The Balaban J connectivity index is 2.51. The van der Waals surface area contributed by atoms with E-state index in [0.717, 1.165) is 6.42 Å². The van der Waals surface area contributed by atoms with Gasteiger partial charge >= 0.3 is 0 Å². The minimum Gasteiger partial charge on any atom is -0.351 e. The number of amides is 1. The monoisotopic (exact) mass is 239 g/mol. The Morgan fingerprint density at radius 3 is 2.57 bits per heavy atom. The molecule has 1 amide bonds. The van der Waals surface area contributed by atoms with Gasteiger partial charge in [0, 0.05) is 6.42 Å². The zero-order valence-electron chi connectivity index (χ0n) is 7.99. The molecule has 1 heterocycles. The van der Waals surface area contributed by atoms with Gasteiger partial charge in [-0.3, -0.25) is 4.79 Å².